The van der Waals surface area contributed by atoms with Gasteiger partial charge in [0.15, 0.2) is 6.29 Å². The van der Waals surface area contributed by atoms with Crippen LogP contribution in [0.15, 0.2) is 15.3 Å². The van der Waals surface area contributed by atoms with Gasteiger partial charge in [0.1, 0.15) is 17.1 Å². The highest BCUT2D eigenvalue weighted by Crippen LogP contribution is 2.28. The van der Waals surface area contributed by atoms with Crippen LogP contribution >= 0.6 is 15.9 Å². The minimum Gasteiger partial charge on any atom is -0.427 e. The Balaban J connectivity index is 2.23. The molecule has 0 saturated heterocycles. The van der Waals surface area contributed by atoms with Crippen LogP contribution in [0, 0.1) is 6.92 Å². The molecule has 0 radical (unpaired) electrons. The number of oxazole rings is 1. The van der Waals surface area contributed by atoms with Gasteiger partial charge < -0.3 is 4.42 Å². The molecular formula is C12H12BrN5O2. The van der Waals surface area contributed by atoms with Gasteiger partial charge in [0.05, 0.1) is 5.56 Å². The molecule has 3 aromatic rings. The zero-order chi connectivity index (χ0) is 14.3. The summed E-state index contributed by atoms with van der Waals surface area (Å²) in [5.74, 6) is 0.989. The standard InChI is InChI=1S/C12H12BrN5O2/c1-3-4-17-5-8(6-19)9(15-17)10-7(2)20-12-14-11(13)16-18(10)12/h5-6H,3-4H2,1-2H3. The fourth-order valence-electron chi connectivity index (χ4n) is 2.14. The SMILES string of the molecule is CCCn1cc(C=O)c(-c2c(C)oc3nc(Br)nn23)n1. The van der Waals surface area contributed by atoms with Gasteiger partial charge in [-0.05, 0) is 29.3 Å². The number of aromatic nitrogens is 5. The number of hydrogen-bond donors (Lipinski definition) is 0. The molecule has 20 heavy (non-hydrogen) atoms. The van der Waals surface area contributed by atoms with Crippen LogP contribution in [-0.4, -0.2) is 30.7 Å². The lowest BCUT2D eigenvalue weighted by Crippen LogP contribution is -1.98. The van der Waals surface area contributed by atoms with Gasteiger partial charge in [-0.15, -0.1) is 5.10 Å². The Kier molecular flexibility index (Phi) is 3.17. The summed E-state index contributed by atoms with van der Waals surface area (Å²) in [5.41, 5.74) is 1.72. The first-order chi connectivity index (χ1) is 9.63. The van der Waals surface area contributed by atoms with Gasteiger partial charge in [0.2, 0.25) is 4.73 Å². The van der Waals surface area contributed by atoms with E-state index in [2.05, 4.69) is 38.0 Å². The van der Waals surface area contributed by atoms with E-state index in [1.807, 2.05) is 0 Å². The van der Waals surface area contributed by atoms with E-state index in [1.165, 1.54) is 0 Å². The smallest absolute Gasteiger partial charge is 0.326 e. The van der Waals surface area contributed by atoms with E-state index in [9.17, 15) is 4.79 Å². The third-order valence-corrected chi connectivity index (χ3v) is 3.27. The number of rotatable bonds is 4. The maximum atomic E-state index is 11.3. The molecule has 0 aliphatic heterocycles. The number of carbonyl (C=O) groups excluding carboxylic acids is 1. The molecule has 0 bridgehead atoms. The lowest BCUT2D eigenvalue weighted by Gasteiger charge is -1.97. The van der Waals surface area contributed by atoms with E-state index in [0.717, 1.165) is 19.3 Å². The van der Waals surface area contributed by atoms with Crippen molar-refractivity contribution in [1.29, 1.82) is 0 Å². The van der Waals surface area contributed by atoms with Gasteiger partial charge in [0.25, 0.3) is 0 Å². The molecule has 0 amide bonds. The third-order valence-electron chi connectivity index (χ3n) is 2.94. The highest BCUT2D eigenvalue weighted by atomic mass is 79.9. The minimum atomic E-state index is 0.367. The van der Waals surface area contributed by atoms with Crippen LogP contribution < -0.4 is 0 Å². The van der Waals surface area contributed by atoms with Crippen LogP contribution in [0.1, 0.15) is 29.5 Å². The fraction of sp³-hybridized carbons (Fsp3) is 0.333. The van der Waals surface area contributed by atoms with Crippen LogP contribution in [0.3, 0.4) is 0 Å². The van der Waals surface area contributed by atoms with Gasteiger partial charge in [-0.1, -0.05) is 6.92 Å². The Morgan fingerprint density at radius 1 is 1.45 bits per heavy atom. The molecule has 8 heteroatoms. The number of nitrogens with zero attached hydrogens (tertiary/aromatic N) is 5. The van der Waals surface area contributed by atoms with E-state index in [0.29, 0.717) is 33.3 Å². The maximum Gasteiger partial charge on any atom is 0.326 e. The normalized spacial score (nSPS) is 11.3. The highest BCUT2D eigenvalue weighted by molar-refractivity contribution is 9.10. The molecule has 104 valence electrons. The van der Waals surface area contributed by atoms with Gasteiger partial charge >= 0.3 is 5.84 Å². The fourth-order valence-corrected chi connectivity index (χ4v) is 2.45. The zero-order valence-corrected chi connectivity index (χ0v) is 12.6. The molecule has 0 aromatic carbocycles. The molecule has 0 spiro atoms. The van der Waals surface area contributed by atoms with E-state index in [-0.39, 0.29) is 0 Å². The summed E-state index contributed by atoms with van der Waals surface area (Å²) < 4.78 is 9.27. The monoisotopic (exact) mass is 337 g/mol. The molecule has 3 heterocycles. The van der Waals surface area contributed by atoms with E-state index < -0.39 is 0 Å². The molecule has 0 aliphatic carbocycles. The Hall–Kier alpha value is -1.96. The average Bonchev–Trinajstić information content (AvgIpc) is 3.02. The molecular weight excluding hydrogens is 326 g/mol. The first kappa shape index (κ1) is 13.0. The Morgan fingerprint density at radius 2 is 2.25 bits per heavy atom. The third kappa shape index (κ3) is 1.96. The van der Waals surface area contributed by atoms with Gasteiger partial charge in [-0.25, -0.2) is 0 Å². The number of fused-ring (bicyclic) bond motifs is 1. The average molecular weight is 338 g/mol. The molecule has 0 atom stereocenters. The van der Waals surface area contributed by atoms with Crippen molar-refractivity contribution >= 4 is 28.1 Å². The summed E-state index contributed by atoms with van der Waals surface area (Å²) in [6.45, 7) is 4.60. The van der Waals surface area contributed by atoms with Crippen LogP contribution in [0.5, 0.6) is 0 Å². The molecule has 0 N–H and O–H groups in total. The molecule has 0 saturated carbocycles. The van der Waals surface area contributed by atoms with Crippen molar-refractivity contribution in [3.8, 4) is 11.4 Å². The number of hydrogen-bond acceptors (Lipinski definition) is 5. The highest BCUT2D eigenvalue weighted by Gasteiger charge is 2.21. The Morgan fingerprint density at radius 3 is 2.95 bits per heavy atom. The van der Waals surface area contributed by atoms with Crippen molar-refractivity contribution in [1.82, 2.24) is 24.4 Å². The summed E-state index contributed by atoms with van der Waals surface area (Å²) in [6.07, 6.45) is 3.46. The van der Waals surface area contributed by atoms with Crippen LogP contribution in [-0.2, 0) is 6.54 Å². The number of halogens is 1. The quantitative estimate of drug-likeness (QED) is 0.683. The Bertz CT molecular complexity index is 785. The summed E-state index contributed by atoms with van der Waals surface area (Å²) >= 11 is 3.20. The van der Waals surface area contributed by atoms with Crippen molar-refractivity contribution in [3.05, 3.63) is 22.3 Å². The summed E-state index contributed by atoms with van der Waals surface area (Å²) in [7, 11) is 0. The number of aldehydes is 1. The lowest BCUT2D eigenvalue weighted by molar-refractivity contribution is 0.112. The molecule has 0 unspecified atom stereocenters. The van der Waals surface area contributed by atoms with Crippen molar-refractivity contribution in [2.75, 3.05) is 0 Å². The van der Waals surface area contributed by atoms with Gasteiger partial charge in [-0.3, -0.25) is 9.48 Å². The summed E-state index contributed by atoms with van der Waals surface area (Å²) in [4.78, 5) is 15.4. The predicted octanol–water partition coefficient (Wildman–Crippen LogP) is 2.48. The topological polar surface area (TPSA) is 78.2 Å². The van der Waals surface area contributed by atoms with Crippen LogP contribution in [0.4, 0.5) is 0 Å². The van der Waals surface area contributed by atoms with Crippen molar-refractivity contribution in [2.45, 2.75) is 26.8 Å². The number of aryl methyl sites for hydroxylation is 2. The summed E-state index contributed by atoms with van der Waals surface area (Å²) in [5, 5.41) is 8.66. The van der Waals surface area contributed by atoms with Crippen molar-refractivity contribution in [3.63, 3.8) is 0 Å². The van der Waals surface area contributed by atoms with Crippen LogP contribution in [0.25, 0.3) is 17.2 Å². The van der Waals surface area contributed by atoms with Gasteiger partial charge in [0, 0.05) is 12.7 Å². The predicted molar refractivity (Wildman–Crippen MR) is 74.6 cm³/mol. The Labute approximate surface area is 122 Å². The van der Waals surface area contributed by atoms with Crippen molar-refractivity contribution < 1.29 is 9.21 Å². The van der Waals surface area contributed by atoms with E-state index in [4.69, 9.17) is 4.42 Å². The maximum absolute atomic E-state index is 11.3. The van der Waals surface area contributed by atoms with E-state index in [1.54, 1.807) is 22.3 Å². The molecule has 7 nitrogen and oxygen atoms in total. The molecule has 0 aliphatic rings. The lowest BCUT2D eigenvalue weighted by atomic mass is 10.2. The second-order valence-electron chi connectivity index (χ2n) is 4.40. The molecule has 3 rings (SSSR count). The van der Waals surface area contributed by atoms with E-state index >= 15 is 0 Å². The first-order valence-electron chi connectivity index (χ1n) is 6.18. The van der Waals surface area contributed by atoms with Gasteiger partial charge in [-0.2, -0.15) is 14.6 Å². The number of carbonyl (C=O) groups is 1. The summed E-state index contributed by atoms with van der Waals surface area (Å²) in [6, 6.07) is 0. The molecule has 3 aromatic heterocycles. The second kappa shape index (κ2) is 4.86. The first-order valence-corrected chi connectivity index (χ1v) is 6.98. The minimum absolute atomic E-state index is 0.367. The second-order valence-corrected chi connectivity index (χ2v) is 5.11. The molecule has 0 fully saturated rings. The van der Waals surface area contributed by atoms with Crippen LogP contribution in [0.2, 0.25) is 0 Å². The zero-order valence-electron chi connectivity index (χ0n) is 11.0. The largest absolute Gasteiger partial charge is 0.427 e. The van der Waals surface area contributed by atoms with Crippen molar-refractivity contribution in [2.24, 2.45) is 0 Å².